The number of hydrogen-bond acceptors (Lipinski definition) is 7. The number of hydrogen-bond donors (Lipinski definition) is 2. The summed E-state index contributed by atoms with van der Waals surface area (Å²) in [5, 5.41) is 11.0. The molecule has 0 aromatic carbocycles. The standard InChI is InChI=1S/C22H28F2N6O2S2/c1-12-10-29(14(3)13(2)25-12)18-9-15(34(31,32)28-22(4)7-8-22)11-30-16(18)5-6-17(30)20-26-27-21(33-20)19(23)24/h5-6,9,11-14,19,25,28H,7-8,10H2,1-4H3/t12-,13-,14+/m0/s1. The second-order valence-corrected chi connectivity index (χ2v) is 12.4. The van der Waals surface area contributed by atoms with Crippen molar-refractivity contribution in [1.82, 2.24) is 24.6 Å². The molecule has 1 aliphatic carbocycles. The molecule has 2 N–H and O–H groups in total. The van der Waals surface area contributed by atoms with Crippen LogP contribution >= 0.6 is 11.3 Å². The van der Waals surface area contributed by atoms with Crippen molar-refractivity contribution >= 4 is 32.6 Å². The van der Waals surface area contributed by atoms with Crippen molar-refractivity contribution in [2.75, 3.05) is 11.4 Å². The van der Waals surface area contributed by atoms with Gasteiger partial charge < -0.3 is 14.6 Å². The van der Waals surface area contributed by atoms with Gasteiger partial charge in [0.1, 0.15) is 4.90 Å². The lowest BCUT2D eigenvalue weighted by atomic mass is 10.0. The zero-order valence-corrected chi connectivity index (χ0v) is 21.1. The first-order valence-corrected chi connectivity index (χ1v) is 13.6. The van der Waals surface area contributed by atoms with Crippen LogP contribution in [0.4, 0.5) is 14.5 Å². The third kappa shape index (κ3) is 4.21. The molecule has 3 aromatic heterocycles. The highest BCUT2D eigenvalue weighted by Gasteiger charge is 2.41. The summed E-state index contributed by atoms with van der Waals surface area (Å²) < 4.78 is 57.6. The van der Waals surface area contributed by atoms with Gasteiger partial charge in [0.2, 0.25) is 10.0 Å². The minimum atomic E-state index is -3.80. The Morgan fingerprint density at radius 1 is 1.24 bits per heavy atom. The number of halogens is 2. The van der Waals surface area contributed by atoms with Gasteiger partial charge in [0.25, 0.3) is 6.43 Å². The van der Waals surface area contributed by atoms with Gasteiger partial charge in [-0.1, -0.05) is 11.3 Å². The lowest BCUT2D eigenvalue weighted by molar-refractivity contribution is 0.150. The minimum absolute atomic E-state index is 0.108. The summed E-state index contributed by atoms with van der Waals surface area (Å²) in [4.78, 5) is 2.35. The van der Waals surface area contributed by atoms with E-state index in [4.69, 9.17) is 0 Å². The monoisotopic (exact) mass is 510 g/mol. The molecule has 0 spiro atoms. The molecule has 8 nitrogen and oxygen atoms in total. The fourth-order valence-electron chi connectivity index (χ4n) is 4.51. The third-order valence-electron chi connectivity index (χ3n) is 6.80. The van der Waals surface area contributed by atoms with Crippen molar-refractivity contribution in [2.45, 2.75) is 75.5 Å². The Balaban J connectivity index is 1.69. The lowest BCUT2D eigenvalue weighted by Crippen LogP contribution is -2.59. The van der Waals surface area contributed by atoms with Gasteiger partial charge >= 0.3 is 0 Å². The number of alkyl halides is 2. The first kappa shape index (κ1) is 23.6. The highest BCUT2D eigenvalue weighted by atomic mass is 32.2. The zero-order chi connectivity index (χ0) is 24.4. The molecule has 4 heterocycles. The van der Waals surface area contributed by atoms with Crippen LogP contribution in [-0.4, -0.2) is 53.2 Å². The van der Waals surface area contributed by atoms with Crippen molar-refractivity contribution in [1.29, 1.82) is 0 Å². The number of rotatable bonds is 6. The van der Waals surface area contributed by atoms with Crippen LogP contribution in [0.15, 0.2) is 29.3 Å². The van der Waals surface area contributed by atoms with E-state index in [2.05, 4.69) is 45.9 Å². The topological polar surface area (TPSA) is 91.6 Å². The number of sulfonamides is 1. The summed E-state index contributed by atoms with van der Waals surface area (Å²) in [6.45, 7) is 8.90. The molecule has 0 amide bonds. The fraction of sp³-hybridized carbons (Fsp3) is 0.545. The maximum atomic E-state index is 13.4. The molecule has 3 atom stereocenters. The fourth-order valence-corrected chi connectivity index (χ4v) is 6.71. The minimum Gasteiger partial charge on any atom is -0.364 e. The van der Waals surface area contributed by atoms with Crippen LogP contribution in [0.25, 0.3) is 16.2 Å². The van der Waals surface area contributed by atoms with E-state index in [1.807, 2.05) is 13.0 Å². The molecule has 5 rings (SSSR count). The molecule has 1 saturated heterocycles. The van der Waals surface area contributed by atoms with Gasteiger partial charge in [0.05, 0.1) is 16.9 Å². The molecule has 0 bridgehead atoms. The molecular formula is C22H28F2N6O2S2. The van der Waals surface area contributed by atoms with Crippen molar-refractivity contribution < 1.29 is 17.2 Å². The van der Waals surface area contributed by atoms with E-state index >= 15 is 0 Å². The maximum Gasteiger partial charge on any atom is 0.291 e. The van der Waals surface area contributed by atoms with Gasteiger partial charge in [-0.05, 0) is 58.7 Å². The van der Waals surface area contributed by atoms with Gasteiger partial charge in [0.15, 0.2) is 10.0 Å². The average molecular weight is 511 g/mol. The van der Waals surface area contributed by atoms with Crippen LogP contribution in [0.2, 0.25) is 0 Å². The van der Waals surface area contributed by atoms with Crippen molar-refractivity contribution in [3.05, 3.63) is 29.4 Å². The SMILES string of the molecule is C[C@@H]1N[C@@H](C)CN(c2cc(S(=O)(=O)NC3(C)CC3)cn3c(-c4nnc(C(F)F)s4)ccc23)[C@@H]1C. The smallest absolute Gasteiger partial charge is 0.291 e. The van der Waals surface area contributed by atoms with Crippen LogP contribution in [0.5, 0.6) is 0 Å². The second kappa shape index (κ2) is 8.21. The molecule has 1 saturated carbocycles. The predicted molar refractivity (Wildman–Crippen MR) is 128 cm³/mol. The molecule has 0 unspecified atom stereocenters. The number of nitrogens with zero attached hydrogens (tertiary/aromatic N) is 4. The van der Waals surface area contributed by atoms with Crippen LogP contribution < -0.4 is 14.9 Å². The molecule has 1 aliphatic heterocycles. The molecule has 0 radical (unpaired) electrons. The van der Waals surface area contributed by atoms with Gasteiger partial charge in [0, 0.05) is 36.4 Å². The molecule has 3 aromatic rings. The lowest BCUT2D eigenvalue weighted by Gasteiger charge is -2.43. The highest BCUT2D eigenvalue weighted by Crippen LogP contribution is 2.38. The van der Waals surface area contributed by atoms with Crippen molar-refractivity contribution in [3.8, 4) is 10.7 Å². The highest BCUT2D eigenvalue weighted by molar-refractivity contribution is 7.89. The Kier molecular flexibility index (Phi) is 5.70. The third-order valence-corrected chi connectivity index (χ3v) is 9.35. The Labute approximate surface area is 201 Å². The summed E-state index contributed by atoms with van der Waals surface area (Å²) in [6, 6.07) is 5.89. The van der Waals surface area contributed by atoms with E-state index in [0.29, 0.717) is 17.2 Å². The number of aromatic nitrogens is 3. The number of anilines is 1. The normalized spacial score (nSPS) is 24.8. The average Bonchev–Trinajstić information content (AvgIpc) is 3.17. The summed E-state index contributed by atoms with van der Waals surface area (Å²) in [5.41, 5.74) is 1.67. The first-order valence-electron chi connectivity index (χ1n) is 11.3. The van der Waals surface area contributed by atoms with Crippen LogP contribution in [-0.2, 0) is 10.0 Å². The number of piperazine rings is 1. The summed E-state index contributed by atoms with van der Waals surface area (Å²) in [6.07, 6.45) is 0.422. The second-order valence-electron chi connectivity index (χ2n) is 9.70. The van der Waals surface area contributed by atoms with E-state index < -0.39 is 22.0 Å². The van der Waals surface area contributed by atoms with Crippen molar-refractivity contribution in [3.63, 3.8) is 0 Å². The van der Waals surface area contributed by atoms with Crippen LogP contribution in [0.3, 0.4) is 0 Å². The molecule has 34 heavy (non-hydrogen) atoms. The summed E-state index contributed by atoms with van der Waals surface area (Å²) in [5.74, 6) is 0. The first-order chi connectivity index (χ1) is 16.0. The van der Waals surface area contributed by atoms with E-state index in [1.165, 1.54) is 0 Å². The molecule has 2 fully saturated rings. The van der Waals surface area contributed by atoms with E-state index in [0.717, 1.165) is 35.4 Å². The molecular weight excluding hydrogens is 482 g/mol. The molecule has 12 heteroatoms. The quantitative estimate of drug-likeness (QED) is 0.524. The number of fused-ring (bicyclic) bond motifs is 1. The predicted octanol–water partition coefficient (Wildman–Crippen LogP) is 3.80. The Hall–Kier alpha value is -2.15. The van der Waals surface area contributed by atoms with Crippen molar-refractivity contribution in [2.24, 2.45) is 0 Å². The Bertz CT molecular complexity index is 1330. The largest absolute Gasteiger partial charge is 0.364 e. The number of pyridine rings is 1. The van der Waals surface area contributed by atoms with E-state index in [9.17, 15) is 17.2 Å². The van der Waals surface area contributed by atoms with Gasteiger partial charge in [-0.25, -0.2) is 21.9 Å². The van der Waals surface area contributed by atoms with Crippen LogP contribution in [0.1, 0.15) is 52.0 Å². The zero-order valence-electron chi connectivity index (χ0n) is 19.4. The molecule has 2 aliphatic rings. The van der Waals surface area contributed by atoms with Gasteiger partial charge in [-0.3, -0.25) is 0 Å². The number of nitrogens with one attached hydrogen (secondary N) is 2. The summed E-state index contributed by atoms with van der Waals surface area (Å²) in [7, 11) is -3.80. The van der Waals surface area contributed by atoms with E-state index in [1.54, 1.807) is 22.7 Å². The summed E-state index contributed by atoms with van der Waals surface area (Å²) >= 11 is 0.808. The Morgan fingerprint density at radius 2 is 1.97 bits per heavy atom. The van der Waals surface area contributed by atoms with E-state index in [-0.39, 0.29) is 28.0 Å². The van der Waals surface area contributed by atoms with Gasteiger partial charge in [-0.15, -0.1) is 10.2 Å². The Morgan fingerprint density at radius 3 is 2.62 bits per heavy atom. The van der Waals surface area contributed by atoms with Gasteiger partial charge in [-0.2, -0.15) is 0 Å². The maximum absolute atomic E-state index is 13.4. The van der Waals surface area contributed by atoms with Crippen LogP contribution in [0, 0.1) is 0 Å². The molecule has 184 valence electrons.